The minimum Gasteiger partial charge on any atom is -0.345 e. The van der Waals surface area contributed by atoms with Crippen LogP contribution in [0.15, 0.2) is 16.9 Å². The molecule has 5 heteroatoms. The van der Waals surface area contributed by atoms with Gasteiger partial charge in [-0.2, -0.15) is 0 Å². The minimum atomic E-state index is -0.519. The summed E-state index contributed by atoms with van der Waals surface area (Å²) in [5, 5.41) is 2.84. The topological polar surface area (TPSA) is 88.0 Å². The number of hydrogen-bond acceptors (Lipinski definition) is 3. The summed E-state index contributed by atoms with van der Waals surface area (Å²) in [5.41, 5.74) is 5.63. The molecule has 1 unspecified atom stereocenters. The molecule has 0 saturated heterocycles. The van der Waals surface area contributed by atoms with Crippen LogP contribution in [0.5, 0.6) is 0 Å². The fourth-order valence-electron chi connectivity index (χ4n) is 1.51. The fraction of sp³-hybridized carbons (Fsp3) is 0.538. The summed E-state index contributed by atoms with van der Waals surface area (Å²) in [6.07, 6.45) is 0. The van der Waals surface area contributed by atoms with Gasteiger partial charge in [0.15, 0.2) is 0 Å². The van der Waals surface area contributed by atoms with Crippen LogP contribution in [0.4, 0.5) is 0 Å². The maximum atomic E-state index is 12.1. The van der Waals surface area contributed by atoms with Gasteiger partial charge in [0.05, 0.1) is 5.54 Å². The zero-order valence-corrected chi connectivity index (χ0v) is 11.3. The predicted octanol–water partition coefficient (Wildman–Crippen LogP) is 0.787. The maximum absolute atomic E-state index is 12.1. The summed E-state index contributed by atoms with van der Waals surface area (Å²) >= 11 is 0. The number of amides is 1. The first-order chi connectivity index (χ1) is 8.30. The first-order valence-corrected chi connectivity index (χ1v) is 6.02. The highest BCUT2D eigenvalue weighted by molar-refractivity contribution is 5.94. The second-order valence-electron chi connectivity index (χ2n) is 5.11. The van der Waals surface area contributed by atoms with Crippen molar-refractivity contribution in [1.29, 1.82) is 0 Å². The molecule has 1 aromatic rings. The number of carbonyl (C=O) groups excluding carboxylic acids is 1. The second kappa shape index (κ2) is 5.35. The molecule has 0 aliphatic carbocycles. The van der Waals surface area contributed by atoms with Crippen molar-refractivity contribution in [2.75, 3.05) is 6.54 Å². The molecular weight excluding hydrogens is 230 g/mol. The normalized spacial score (nSPS) is 14.3. The van der Waals surface area contributed by atoms with Gasteiger partial charge in [0.25, 0.3) is 11.5 Å². The molecule has 0 saturated carbocycles. The van der Waals surface area contributed by atoms with Crippen molar-refractivity contribution in [3.8, 4) is 0 Å². The Morgan fingerprint density at radius 2 is 2.11 bits per heavy atom. The van der Waals surface area contributed by atoms with Crippen LogP contribution in [0.2, 0.25) is 0 Å². The molecule has 0 fully saturated rings. The molecule has 18 heavy (non-hydrogen) atoms. The Labute approximate surface area is 107 Å². The van der Waals surface area contributed by atoms with E-state index in [1.807, 2.05) is 20.8 Å². The lowest BCUT2D eigenvalue weighted by atomic mass is 9.88. The van der Waals surface area contributed by atoms with Crippen LogP contribution in [0.3, 0.4) is 0 Å². The van der Waals surface area contributed by atoms with Crippen molar-refractivity contribution < 1.29 is 4.79 Å². The molecule has 0 aliphatic rings. The smallest absolute Gasteiger partial charge is 0.260 e. The van der Waals surface area contributed by atoms with Gasteiger partial charge in [-0.05, 0) is 31.9 Å². The van der Waals surface area contributed by atoms with Gasteiger partial charge in [0, 0.05) is 12.2 Å². The molecule has 0 bridgehead atoms. The Morgan fingerprint density at radius 1 is 1.50 bits per heavy atom. The number of aryl methyl sites for hydroxylation is 1. The van der Waals surface area contributed by atoms with E-state index in [1.165, 1.54) is 6.07 Å². The summed E-state index contributed by atoms with van der Waals surface area (Å²) in [4.78, 5) is 26.4. The van der Waals surface area contributed by atoms with E-state index in [0.717, 1.165) is 5.69 Å². The summed E-state index contributed by atoms with van der Waals surface area (Å²) < 4.78 is 0. The number of nitrogens with one attached hydrogen (secondary N) is 2. The lowest BCUT2D eigenvalue weighted by Crippen LogP contribution is -2.55. The first-order valence-electron chi connectivity index (χ1n) is 6.02. The zero-order valence-electron chi connectivity index (χ0n) is 11.3. The highest BCUT2D eigenvalue weighted by Crippen LogP contribution is 2.15. The number of carbonyl (C=O) groups is 1. The van der Waals surface area contributed by atoms with Crippen molar-refractivity contribution >= 4 is 5.91 Å². The third-order valence-electron chi connectivity index (χ3n) is 3.40. The van der Waals surface area contributed by atoms with Crippen LogP contribution >= 0.6 is 0 Å². The zero-order chi connectivity index (χ0) is 13.9. The summed E-state index contributed by atoms with van der Waals surface area (Å²) in [5.74, 6) is -0.214. The lowest BCUT2D eigenvalue weighted by molar-refractivity contribution is 0.0881. The van der Waals surface area contributed by atoms with E-state index < -0.39 is 11.4 Å². The molecule has 100 valence electrons. The summed E-state index contributed by atoms with van der Waals surface area (Å²) in [6.45, 7) is 7.92. The first kappa shape index (κ1) is 14.4. The van der Waals surface area contributed by atoms with Crippen molar-refractivity contribution in [2.45, 2.75) is 33.2 Å². The standard InChI is InChI=1S/C13H21N3O2/c1-8(2)13(4,7-14)16-12(18)10-6-5-9(3)15-11(10)17/h5-6,8H,7,14H2,1-4H3,(H,15,17)(H,16,18). The molecule has 1 amide bonds. The van der Waals surface area contributed by atoms with Crippen molar-refractivity contribution in [3.05, 3.63) is 33.7 Å². The van der Waals surface area contributed by atoms with Gasteiger partial charge < -0.3 is 16.0 Å². The Kier molecular flexibility index (Phi) is 4.29. The molecule has 1 aromatic heterocycles. The van der Waals surface area contributed by atoms with Gasteiger partial charge in [-0.15, -0.1) is 0 Å². The highest BCUT2D eigenvalue weighted by atomic mass is 16.2. The number of rotatable bonds is 4. The van der Waals surface area contributed by atoms with Gasteiger partial charge in [0.2, 0.25) is 0 Å². The van der Waals surface area contributed by atoms with Gasteiger partial charge >= 0.3 is 0 Å². The van der Waals surface area contributed by atoms with Crippen LogP contribution in [0.25, 0.3) is 0 Å². The van der Waals surface area contributed by atoms with E-state index in [1.54, 1.807) is 13.0 Å². The highest BCUT2D eigenvalue weighted by Gasteiger charge is 2.29. The number of H-pyrrole nitrogens is 1. The van der Waals surface area contributed by atoms with Gasteiger partial charge in [-0.25, -0.2) is 0 Å². The molecule has 1 heterocycles. The van der Waals surface area contributed by atoms with Crippen LogP contribution in [-0.4, -0.2) is 23.0 Å². The Balaban J connectivity index is 2.99. The monoisotopic (exact) mass is 251 g/mol. The Morgan fingerprint density at radius 3 is 2.56 bits per heavy atom. The van der Waals surface area contributed by atoms with E-state index >= 15 is 0 Å². The Bertz CT molecular complexity index is 493. The van der Waals surface area contributed by atoms with Crippen LogP contribution in [0.1, 0.15) is 36.8 Å². The molecule has 1 atom stereocenters. The summed E-state index contributed by atoms with van der Waals surface area (Å²) in [6, 6.07) is 3.23. The Hall–Kier alpha value is -1.62. The van der Waals surface area contributed by atoms with E-state index in [-0.39, 0.29) is 17.0 Å². The largest absolute Gasteiger partial charge is 0.345 e. The van der Waals surface area contributed by atoms with E-state index in [9.17, 15) is 9.59 Å². The van der Waals surface area contributed by atoms with Crippen LogP contribution < -0.4 is 16.6 Å². The third-order valence-corrected chi connectivity index (χ3v) is 3.40. The minimum absolute atomic E-state index is 0.112. The second-order valence-corrected chi connectivity index (χ2v) is 5.11. The molecule has 5 nitrogen and oxygen atoms in total. The van der Waals surface area contributed by atoms with Gasteiger partial charge in [-0.1, -0.05) is 13.8 Å². The fourth-order valence-corrected chi connectivity index (χ4v) is 1.51. The molecular formula is C13H21N3O2. The quantitative estimate of drug-likeness (QED) is 0.739. The van der Waals surface area contributed by atoms with Crippen LogP contribution in [0, 0.1) is 12.8 Å². The van der Waals surface area contributed by atoms with Gasteiger partial charge in [-0.3, -0.25) is 9.59 Å². The molecule has 0 aliphatic heterocycles. The molecule has 4 N–H and O–H groups in total. The van der Waals surface area contributed by atoms with Crippen molar-refractivity contribution in [2.24, 2.45) is 11.7 Å². The number of pyridine rings is 1. The summed E-state index contributed by atoms with van der Waals surface area (Å²) in [7, 11) is 0. The predicted molar refractivity (Wildman–Crippen MR) is 71.6 cm³/mol. The number of aromatic nitrogens is 1. The number of hydrogen-bond donors (Lipinski definition) is 3. The number of aromatic amines is 1. The number of nitrogens with two attached hydrogens (primary N) is 1. The lowest BCUT2D eigenvalue weighted by Gasteiger charge is -2.33. The average molecular weight is 251 g/mol. The molecule has 0 aromatic carbocycles. The van der Waals surface area contributed by atoms with Crippen molar-refractivity contribution in [1.82, 2.24) is 10.3 Å². The maximum Gasteiger partial charge on any atom is 0.260 e. The molecule has 0 radical (unpaired) electrons. The van der Waals surface area contributed by atoms with E-state index in [2.05, 4.69) is 10.3 Å². The SMILES string of the molecule is Cc1ccc(C(=O)NC(C)(CN)C(C)C)c(=O)[nH]1. The average Bonchev–Trinajstić information content (AvgIpc) is 2.28. The van der Waals surface area contributed by atoms with E-state index in [0.29, 0.717) is 6.54 Å². The third kappa shape index (κ3) is 2.98. The molecule has 1 rings (SSSR count). The van der Waals surface area contributed by atoms with Gasteiger partial charge in [0.1, 0.15) is 5.56 Å². The molecule has 0 spiro atoms. The van der Waals surface area contributed by atoms with Crippen LogP contribution in [-0.2, 0) is 0 Å². The van der Waals surface area contributed by atoms with Crippen molar-refractivity contribution in [3.63, 3.8) is 0 Å². The van der Waals surface area contributed by atoms with E-state index in [4.69, 9.17) is 5.73 Å².